The van der Waals surface area contributed by atoms with Gasteiger partial charge in [0.05, 0.1) is 0 Å². The Hall–Kier alpha value is -0.270. The van der Waals surface area contributed by atoms with Crippen LogP contribution in [0.3, 0.4) is 0 Å². The molecule has 0 bridgehead atoms. The molecule has 1 rings (SSSR count). The Labute approximate surface area is 100 Å². The third-order valence-electron chi connectivity index (χ3n) is 2.34. The molecule has 3 heteroatoms. The predicted molar refractivity (Wildman–Crippen MR) is 64.3 cm³/mol. The fourth-order valence-electron chi connectivity index (χ4n) is 1.50. The van der Waals surface area contributed by atoms with Gasteiger partial charge in [-0.2, -0.15) is 0 Å². The fourth-order valence-corrected chi connectivity index (χ4v) is 2.04. The largest absolute Gasteiger partial charge is 0.207 e. The molecule has 0 nitrogen and oxygen atoms in total. The van der Waals surface area contributed by atoms with Crippen molar-refractivity contribution < 1.29 is 4.39 Å². The van der Waals surface area contributed by atoms with Gasteiger partial charge in [0.1, 0.15) is 5.82 Å². The summed E-state index contributed by atoms with van der Waals surface area (Å²) in [4.78, 5) is 0. The van der Waals surface area contributed by atoms with Crippen molar-refractivity contribution in [2.75, 3.05) is 0 Å². The van der Waals surface area contributed by atoms with E-state index in [4.69, 9.17) is 23.2 Å². The topological polar surface area (TPSA) is 0 Å². The van der Waals surface area contributed by atoms with Crippen molar-refractivity contribution >= 4 is 23.2 Å². The highest BCUT2D eigenvalue weighted by atomic mass is 35.5. The summed E-state index contributed by atoms with van der Waals surface area (Å²) >= 11 is 12.0. The zero-order valence-electron chi connectivity index (χ0n) is 8.77. The van der Waals surface area contributed by atoms with Gasteiger partial charge in [0.25, 0.3) is 0 Å². The van der Waals surface area contributed by atoms with Gasteiger partial charge in [0.2, 0.25) is 0 Å². The van der Waals surface area contributed by atoms with Crippen LogP contribution in [0.5, 0.6) is 0 Å². The van der Waals surface area contributed by atoms with Gasteiger partial charge < -0.3 is 0 Å². The zero-order valence-corrected chi connectivity index (χ0v) is 10.3. The molecule has 0 aromatic heterocycles. The number of aryl methyl sites for hydroxylation is 1. The summed E-state index contributed by atoms with van der Waals surface area (Å²) in [5.41, 5.74) is 0.846. The lowest BCUT2D eigenvalue weighted by molar-refractivity contribution is 0.622. The Morgan fingerprint density at radius 3 is 2.73 bits per heavy atom. The minimum Gasteiger partial charge on any atom is -0.207 e. The second-order valence-corrected chi connectivity index (χ2v) is 4.68. The van der Waals surface area contributed by atoms with Crippen LogP contribution < -0.4 is 0 Å². The second-order valence-electron chi connectivity index (χ2n) is 3.66. The average Bonchev–Trinajstić information content (AvgIpc) is 2.20. The smallest absolute Gasteiger partial charge is 0.123 e. The van der Waals surface area contributed by atoms with Crippen LogP contribution in [-0.4, -0.2) is 5.38 Å². The minimum absolute atomic E-state index is 0.161. The zero-order chi connectivity index (χ0) is 11.3. The Bertz CT molecular complexity index is 312. The summed E-state index contributed by atoms with van der Waals surface area (Å²) in [5.74, 6) is -0.240. The lowest BCUT2D eigenvalue weighted by Gasteiger charge is -2.08. The van der Waals surface area contributed by atoms with Crippen molar-refractivity contribution in [3.8, 4) is 0 Å². The van der Waals surface area contributed by atoms with E-state index in [0.717, 1.165) is 31.2 Å². The lowest BCUT2D eigenvalue weighted by atomic mass is 10.1. The number of hydrogen-bond acceptors (Lipinski definition) is 0. The fraction of sp³-hybridized carbons (Fsp3) is 0.500. The summed E-state index contributed by atoms with van der Waals surface area (Å²) in [6.45, 7) is 2.10. The molecular formula is C12H15Cl2F. The molecule has 0 aliphatic carbocycles. The Kier molecular flexibility index (Phi) is 5.41. The molecule has 1 unspecified atom stereocenters. The standard InChI is InChI=1S/C12H15Cl2F/c1-2-3-10(13)5-4-9-8-11(15)6-7-12(9)14/h6-8,10H,2-5H2,1H3. The van der Waals surface area contributed by atoms with E-state index in [-0.39, 0.29) is 11.2 Å². The van der Waals surface area contributed by atoms with Gasteiger partial charge in [-0.15, -0.1) is 11.6 Å². The number of halogens is 3. The highest BCUT2D eigenvalue weighted by Gasteiger charge is 2.07. The number of benzene rings is 1. The second kappa shape index (κ2) is 6.34. The van der Waals surface area contributed by atoms with Crippen LogP contribution in [0.1, 0.15) is 31.7 Å². The molecule has 0 spiro atoms. The van der Waals surface area contributed by atoms with Crippen molar-refractivity contribution in [2.24, 2.45) is 0 Å². The van der Waals surface area contributed by atoms with Crippen LogP contribution in [0.15, 0.2) is 18.2 Å². The van der Waals surface area contributed by atoms with Crippen LogP contribution in [0.25, 0.3) is 0 Å². The van der Waals surface area contributed by atoms with E-state index in [1.54, 1.807) is 6.07 Å². The van der Waals surface area contributed by atoms with Gasteiger partial charge in [-0.25, -0.2) is 4.39 Å². The van der Waals surface area contributed by atoms with E-state index in [1.165, 1.54) is 12.1 Å². The van der Waals surface area contributed by atoms with Gasteiger partial charge in [-0.05, 0) is 43.0 Å². The van der Waals surface area contributed by atoms with Gasteiger partial charge in [-0.3, -0.25) is 0 Å². The Morgan fingerprint density at radius 2 is 2.07 bits per heavy atom. The quantitative estimate of drug-likeness (QED) is 0.656. The number of alkyl halides is 1. The molecule has 0 saturated heterocycles. The first kappa shape index (κ1) is 12.8. The summed E-state index contributed by atoms with van der Waals surface area (Å²) in [6.07, 6.45) is 3.66. The maximum absolute atomic E-state index is 12.9. The molecule has 15 heavy (non-hydrogen) atoms. The lowest BCUT2D eigenvalue weighted by Crippen LogP contribution is -2.00. The van der Waals surface area contributed by atoms with Crippen molar-refractivity contribution in [3.63, 3.8) is 0 Å². The summed E-state index contributed by atoms with van der Waals surface area (Å²) < 4.78 is 12.9. The molecule has 0 aliphatic heterocycles. The molecule has 0 aliphatic rings. The van der Waals surface area contributed by atoms with Gasteiger partial charge in [-0.1, -0.05) is 24.9 Å². The van der Waals surface area contributed by atoms with E-state index < -0.39 is 0 Å². The molecular weight excluding hydrogens is 234 g/mol. The van der Waals surface area contributed by atoms with E-state index in [0.29, 0.717) is 5.02 Å². The maximum Gasteiger partial charge on any atom is 0.123 e. The monoisotopic (exact) mass is 248 g/mol. The van der Waals surface area contributed by atoms with Crippen LogP contribution >= 0.6 is 23.2 Å². The normalized spacial score (nSPS) is 12.8. The number of hydrogen-bond donors (Lipinski definition) is 0. The third-order valence-corrected chi connectivity index (χ3v) is 3.14. The molecule has 1 aromatic carbocycles. The first-order valence-electron chi connectivity index (χ1n) is 5.21. The molecule has 0 heterocycles. The van der Waals surface area contributed by atoms with Crippen LogP contribution in [0.4, 0.5) is 4.39 Å². The highest BCUT2D eigenvalue weighted by Crippen LogP contribution is 2.21. The van der Waals surface area contributed by atoms with Gasteiger partial charge >= 0.3 is 0 Å². The Balaban J connectivity index is 2.53. The summed E-state index contributed by atoms with van der Waals surface area (Å²) in [7, 11) is 0. The molecule has 0 N–H and O–H groups in total. The average molecular weight is 249 g/mol. The van der Waals surface area contributed by atoms with Crippen molar-refractivity contribution in [1.82, 2.24) is 0 Å². The van der Waals surface area contributed by atoms with E-state index in [9.17, 15) is 4.39 Å². The molecule has 0 fully saturated rings. The summed E-state index contributed by atoms with van der Waals surface area (Å²) in [5, 5.41) is 0.783. The van der Waals surface area contributed by atoms with Crippen molar-refractivity contribution in [2.45, 2.75) is 38.0 Å². The molecule has 0 radical (unpaired) electrons. The molecule has 1 atom stereocenters. The van der Waals surface area contributed by atoms with Crippen LogP contribution in [-0.2, 0) is 6.42 Å². The third kappa shape index (κ3) is 4.40. The van der Waals surface area contributed by atoms with Gasteiger partial charge in [0, 0.05) is 10.4 Å². The van der Waals surface area contributed by atoms with Crippen molar-refractivity contribution in [3.05, 3.63) is 34.6 Å². The van der Waals surface area contributed by atoms with E-state index in [1.807, 2.05) is 0 Å². The molecule has 84 valence electrons. The molecule has 0 amide bonds. The SMILES string of the molecule is CCCC(Cl)CCc1cc(F)ccc1Cl. The first-order chi connectivity index (χ1) is 7.13. The number of rotatable bonds is 5. The van der Waals surface area contributed by atoms with Crippen molar-refractivity contribution in [1.29, 1.82) is 0 Å². The Morgan fingerprint density at radius 1 is 1.33 bits per heavy atom. The van der Waals surface area contributed by atoms with E-state index >= 15 is 0 Å². The van der Waals surface area contributed by atoms with Gasteiger partial charge in [0.15, 0.2) is 0 Å². The minimum atomic E-state index is -0.240. The highest BCUT2D eigenvalue weighted by molar-refractivity contribution is 6.31. The van der Waals surface area contributed by atoms with E-state index in [2.05, 4.69) is 6.92 Å². The first-order valence-corrected chi connectivity index (χ1v) is 6.03. The predicted octanol–water partition coefficient (Wildman–Crippen LogP) is 4.82. The maximum atomic E-state index is 12.9. The molecule has 1 aromatic rings. The van der Waals surface area contributed by atoms with Crippen LogP contribution in [0.2, 0.25) is 5.02 Å². The molecule has 0 saturated carbocycles. The summed E-state index contributed by atoms with van der Waals surface area (Å²) in [6, 6.07) is 4.45. The van der Waals surface area contributed by atoms with Crippen LogP contribution in [0, 0.1) is 5.82 Å².